The molecule has 0 heterocycles. The van der Waals surface area contributed by atoms with Crippen LogP contribution in [0.4, 0.5) is 0 Å². The van der Waals surface area contributed by atoms with Gasteiger partial charge in [-0.2, -0.15) is 5.26 Å². The monoisotopic (exact) mass is 340 g/mol. The molecule has 1 aromatic carbocycles. The highest BCUT2D eigenvalue weighted by Crippen LogP contribution is 2.15. The van der Waals surface area contributed by atoms with E-state index >= 15 is 0 Å². The van der Waals surface area contributed by atoms with Crippen LogP contribution in [-0.4, -0.2) is 20.2 Å². The number of nitrogens with one attached hydrogen (secondary N) is 1. The van der Waals surface area contributed by atoms with Crippen molar-refractivity contribution in [3.05, 3.63) is 29.8 Å². The van der Waals surface area contributed by atoms with E-state index in [9.17, 15) is 8.42 Å². The molecule has 22 heavy (non-hydrogen) atoms. The Morgan fingerprint density at radius 1 is 1.23 bits per heavy atom. The minimum atomic E-state index is -3.52. The predicted octanol–water partition coefficient (Wildman–Crippen LogP) is 3.83. The molecule has 122 valence electrons. The number of thioether (sulfide) groups is 1. The van der Waals surface area contributed by atoms with Gasteiger partial charge in [0.15, 0.2) is 0 Å². The number of thiocyanates is 1. The SMILES string of the molecule is CCCCCCC(CSC#N)NS(=O)(=O)c1ccc(C)cc1. The first-order valence-electron chi connectivity index (χ1n) is 7.59. The second-order valence-corrected chi connectivity index (χ2v) is 7.90. The maximum Gasteiger partial charge on any atom is 0.240 e. The van der Waals surface area contributed by atoms with Gasteiger partial charge in [-0.1, -0.05) is 50.3 Å². The smallest absolute Gasteiger partial charge is 0.207 e. The van der Waals surface area contributed by atoms with Crippen molar-refractivity contribution >= 4 is 21.8 Å². The number of aryl methyl sites for hydroxylation is 1. The molecule has 0 radical (unpaired) electrons. The number of hydrogen-bond acceptors (Lipinski definition) is 4. The van der Waals surface area contributed by atoms with Gasteiger partial charge in [-0.3, -0.25) is 0 Å². The molecular formula is C16H24N2O2S2. The first kappa shape index (κ1) is 19.0. The number of nitrogens with zero attached hydrogens (tertiary/aromatic N) is 1. The van der Waals surface area contributed by atoms with E-state index in [4.69, 9.17) is 5.26 Å². The van der Waals surface area contributed by atoms with Gasteiger partial charge in [0.25, 0.3) is 0 Å². The summed E-state index contributed by atoms with van der Waals surface area (Å²) in [6, 6.07) is 6.60. The summed E-state index contributed by atoms with van der Waals surface area (Å²) in [6.07, 6.45) is 5.13. The van der Waals surface area contributed by atoms with Gasteiger partial charge in [0.2, 0.25) is 10.0 Å². The Morgan fingerprint density at radius 2 is 1.91 bits per heavy atom. The molecule has 0 bridgehead atoms. The minimum absolute atomic E-state index is 0.201. The zero-order valence-corrected chi connectivity index (χ0v) is 14.8. The lowest BCUT2D eigenvalue weighted by Gasteiger charge is -2.17. The van der Waals surface area contributed by atoms with E-state index in [1.165, 1.54) is 0 Å². The van der Waals surface area contributed by atoms with Crippen molar-refractivity contribution in [3.63, 3.8) is 0 Å². The maximum atomic E-state index is 12.4. The Kier molecular flexibility index (Phi) is 8.54. The first-order chi connectivity index (χ1) is 10.5. The van der Waals surface area contributed by atoms with Crippen molar-refractivity contribution in [1.29, 1.82) is 5.26 Å². The fraction of sp³-hybridized carbons (Fsp3) is 0.562. The van der Waals surface area contributed by atoms with Crippen LogP contribution in [0.25, 0.3) is 0 Å². The van der Waals surface area contributed by atoms with Gasteiger partial charge < -0.3 is 0 Å². The van der Waals surface area contributed by atoms with Crippen molar-refractivity contribution in [2.24, 2.45) is 0 Å². The summed E-state index contributed by atoms with van der Waals surface area (Å²) >= 11 is 1.10. The topological polar surface area (TPSA) is 70.0 Å². The van der Waals surface area contributed by atoms with Crippen molar-refractivity contribution in [1.82, 2.24) is 4.72 Å². The Hall–Kier alpha value is -1.03. The van der Waals surface area contributed by atoms with Crippen LogP contribution in [-0.2, 0) is 10.0 Å². The average Bonchev–Trinajstić information content (AvgIpc) is 2.49. The van der Waals surface area contributed by atoms with Crippen LogP contribution in [0.3, 0.4) is 0 Å². The molecule has 0 saturated carbocycles. The van der Waals surface area contributed by atoms with Gasteiger partial charge in [-0.05, 0) is 37.2 Å². The molecule has 0 fully saturated rings. The lowest BCUT2D eigenvalue weighted by molar-refractivity contribution is 0.526. The standard InChI is InChI=1S/C16H24N2O2S2/c1-3-4-5-6-7-15(12-21-13-17)18-22(19,20)16-10-8-14(2)9-11-16/h8-11,15,18H,3-7,12H2,1-2H3. The van der Waals surface area contributed by atoms with Gasteiger partial charge in [0.05, 0.1) is 4.90 Å². The zero-order valence-electron chi connectivity index (χ0n) is 13.2. The molecule has 1 atom stereocenters. The number of sulfonamides is 1. The third-order valence-electron chi connectivity index (χ3n) is 3.41. The Balaban J connectivity index is 2.69. The molecule has 0 aromatic heterocycles. The quantitative estimate of drug-likeness (QED) is 0.519. The van der Waals surface area contributed by atoms with E-state index in [0.717, 1.165) is 49.4 Å². The number of rotatable bonds is 10. The summed E-state index contributed by atoms with van der Waals surface area (Å²) in [4.78, 5) is 0.276. The summed E-state index contributed by atoms with van der Waals surface area (Å²) in [7, 11) is -3.52. The fourth-order valence-electron chi connectivity index (χ4n) is 2.14. The fourth-order valence-corrected chi connectivity index (χ4v) is 4.04. The normalized spacial score (nSPS) is 12.8. The highest BCUT2D eigenvalue weighted by molar-refractivity contribution is 8.03. The second-order valence-electron chi connectivity index (χ2n) is 5.38. The van der Waals surface area contributed by atoms with Crippen LogP contribution in [0.5, 0.6) is 0 Å². The second kappa shape index (κ2) is 9.88. The summed E-state index contributed by atoms with van der Waals surface area (Å²) < 4.78 is 27.5. The molecule has 1 aromatic rings. The summed E-state index contributed by atoms with van der Waals surface area (Å²) in [5.74, 6) is 0.480. The molecule has 6 heteroatoms. The molecule has 0 aliphatic carbocycles. The Labute approximate surface area is 138 Å². The number of benzene rings is 1. The van der Waals surface area contributed by atoms with Crippen LogP contribution in [0.1, 0.15) is 44.6 Å². The van der Waals surface area contributed by atoms with Crippen molar-refractivity contribution in [2.75, 3.05) is 5.75 Å². The maximum absolute atomic E-state index is 12.4. The minimum Gasteiger partial charge on any atom is -0.207 e. The predicted molar refractivity (Wildman–Crippen MR) is 92.1 cm³/mol. The summed E-state index contributed by atoms with van der Waals surface area (Å²) in [6.45, 7) is 4.06. The Bertz CT molecular complexity index is 577. The molecule has 0 spiro atoms. The van der Waals surface area contributed by atoms with Crippen LogP contribution in [0.2, 0.25) is 0 Å². The van der Waals surface area contributed by atoms with Crippen LogP contribution < -0.4 is 4.72 Å². The molecule has 1 N–H and O–H groups in total. The van der Waals surface area contributed by atoms with E-state index in [1.807, 2.05) is 12.3 Å². The molecule has 1 unspecified atom stereocenters. The van der Waals surface area contributed by atoms with Gasteiger partial charge in [-0.15, -0.1) is 0 Å². The van der Waals surface area contributed by atoms with Gasteiger partial charge in [0, 0.05) is 11.8 Å². The van der Waals surface area contributed by atoms with Crippen LogP contribution in [0.15, 0.2) is 29.2 Å². The highest BCUT2D eigenvalue weighted by atomic mass is 32.2. The van der Waals surface area contributed by atoms with E-state index in [0.29, 0.717) is 5.75 Å². The largest absolute Gasteiger partial charge is 0.240 e. The summed E-state index contributed by atoms with van der Waals surface area (Å²) in [5.41, 5.74) is 1.02. The molecule has 0 aliphatic rings. The van der Waals surface area contributed by atoms with Crippen molar-refractivity contribution in [3.8, 4) is 5.40 Å². The molecule has 0 amide bonds. The number of unbranched alkanes of at least 4 members (excludes halogenated alkanes) is 3. The lowest BCUT2D eigenvalue weighted by Crippen LogP contribution is -2.36. The van der Waals surface area contributed by atoms with E-state index in [2.05, 4.69) is 11.6 Å². The van der Waals surface area contributed by atoms with E-state index in [1.54, 1.807) is 24.3 Å². The molecule has 0 aliphatic heterocycles. The molecule has 0 saturated heterocycles. The Morgan fingerprint density at radius 3 is 2.50 bits per heavy atom. The van der Waals surface area contributed by atoms with Crippen LogP contribution >= 0.6 is 11.8 Å². The van der Waals surface area contributed by atoms with Gasteiger partial charge in [-0.25, -0.2) is 13.1 Å². The first-order valence-corrected chi connectivity index (χ1v) is 10.1. The summed E-state index contributed by atoms with van der Waals surface area (Å²) in [5, 5.41) is 10.7. The third kappa shape index (κ3) is 6.82. The van der Waals surface area contributed by atoms with E-state index < -0.39 is 10.0 Å². The molecule has 1 rings (SSSR count). The molecular weight excluding hydrogens is 316 g/mol. The molecule has 4 nitrogen and oxygen atoms in total. The van der Waals surface area contributed by atoms with Crippen LogP contribution in [0, 0.1) is 17.6 Å². The highest BCUT2D eigenvalue weighted by Gasteiger charge is 2.19. The zero-order chi connectivity index (χ0) is 16.4. The van der Waals surface area contributed by atoms with Gasteiger partial charge >= 0.3 is 0 Å². The number of hydrogen-bond donors (Lipinski definition) is 1. The van der Waals surface area contributed by atoms with Gasteiger partial charge in [0.1, 0.15) is 5.40 Å². The third-order valence-corrected chi connectivity index (χ3v) is 5.64. The van der Waals surface area contributed by atoms with Crippen molar-refractivity contribution < 1.29 is 8.42 Å². The van der Waals surface area contributed by atoms with E-state index in [-0.39, 0.29) is 10.9 Å². The average molecular weight is 341 g/mol. The van der Waals surface area contributed by atoms with Crippen molar-refractivity contribution in [2.45, 2.75) is 56.9 Å². The lowest BCUT2D eigenvalue weighted by atomic mass is 10.1. The number of nitriles is 1.